The van der Waals surface area contributed by atoms with Crippen molar-refractivity contribution in [3.8, 4) is 0 Å². The topological polar surface area (TPSA) is 101 Å². The van der Waals surface area contributed by atoms with Gasteiger partial charge in [0.15, 0.2) is 0 Å². The zero-order valence-corrected chi connectivity index (χ0v) is 12.4. The molecule has 0 radical (unpaired) electrons. The van der Waals surface area contributed by atoms with E-state index in [1.165, 1.54) is 4.31 Å². The smallest absolute Gasteiger partial charge is 0.306 e. The number of carboxylic acids is 1. The van der Waals surface area contributed by atoms with Crippen molar-refractivity contribution in [2.24, 2.45) is 5.92 Å². The maximum Gasteiger partial charge on any atom is 0.306 e. The van der Waals surface area contributed by atoms with Crippen molar-refractivity contribution in [1.29, 1.82) is 0 Å². The van der Waals surface area contributed by atoms with Crippen molar-refractivity contribution in [3.63, 3.8) is 0 Å². The summed E-state index contributed by atoms with van der Waals surface area (Å²) in [6.07, 6.45) is 1.03. The first kappa shape index (κ1) is 16.9. The Morgan fingerprint density at radius 3 is 2.40 bits per heavy atom. The van der Waals surface area contributed by atoms with Gasteiger partial charge < -0.3 is 9.84 Å². The van der Waals surface area contributed by atoms with Gasteiger partial charge in [0.25, 0.3) is 0 Å². The molecule has 0 aromatic carbocycles. The largest absolute Gasteiger partial charge is 0.481 e. The minimum absolute atomic E-state index is 0.0315. The lowest BCUT2D eigenvalue weighted by Gasteiger charge is -2.30. The van der Waals surface area contributed by atoms with Crippen molar-refractivity contribution in [3.05, 3.63) is 0 Å². The molecule has 8 heteroatoms. The molecule has 0 amide bonds. The predicted octanol–water partition coefficient (Wildman–Crippen LogP) is 0.456. The summed E-state index contributed by atoms with van der Waals surface area (Å²) in [6, 6.07) is 0. The molecular weight excluding hydrogens is 286 g/mol. The van der Waals surface area contributed by atoms with Gasteiger partial charge in [0.05, 0.1) is 18.8 Å². The fraction of sp³-hybridized carbons (Fsp3) is 0.833. The van der Waals surface area contributed by atoms with Crippen molar-refractivity contribution >= 4 is 22.0 Å². The number of aliphatic carboxylic acids is 1. The summed E-state index contributed by atoms with van der Waals surface area (Å²) in [5.41, 5.74) is 0. The van der Waals surface area contributed by atoms with Crippen LogP contribution in [0.1, 0.15) is 32.6 Å². The highest BCUT2D eigenvalue weighted by Crippen LogP contribution is 2.22. The number of sulfonamides is 1. The molecule has 0 aromatic heterocycles. The summed E-state index contributed by atoms with van der Waals surface area (Å²) in [7, 11) is -3.46. The lowest BCUT2D eigenvalue weighted by atomic mass is 9.95. The van der Waals surface area contributed by atoms with Gasteiger partial charge in [-0.2, -0.15) is 0 Å². The number of hydrogen-bond acceptors (Lipinski definition) is 5. The van der Waals surface area contributed by atoms with Crippen molar-refractivity contribution in [2.45, 2.75) is 32.6 Å². The summed E-state index contributed by atoms with van der Waals surface area (Å²) in [5, 5.41) is 8.70. The molecule has 0 atom stereocenters. The van der Waals surface area contributed by atoms with Crippen LogP contribution in [-0.4, -0.2) is 55.2 Å². The van der Waals surface area contributed by atoms with Gasteiger partial charge in [0.1, 0.15) is 0 Å². The standard InChI is InChI=1S/C12H21NO6S/c1-2-19-12(16)5-8-20(17,18)13-6-3-10(4-7-13)9-11(14)15/h10H,2-9H2,1H3,(H,14,15). The molecule has 0 bridgehead atoms. The van der Waals surface area contributed by atoms with Gasteiger partial charge in [-0.05, 0) is 25.7 Å². The molecule has 0 aromatic rings. The Bertz CT molecular complexity index is 439. The third kappa shape index (κ3) is 5.46. The predicted molar refractivity (Wildman–Crippen MR) is 71.6 cm³/mol. The fourth-order valence-corrected chi connectivity index (χ4v) is 3.66. The van der Waals surface area contributed by atoms with E-state index in [0.29, 0.717) is 25.9 Å². The van der Waals surface area contributed by atoms with E-state index in [0.717, 1.165) is 0 Å². The van der Waals surface area contributed by atoms with Crippen LogP contribution in [0, 0.1) is 5.92 Å². The first-order chi connectivity index (χ1) is 9.35. The second-order valence-corrected chi connectivity index (χ2v) is 6.90. The van der Waals surface area contributed by atoms with Gasteiger partial charge in [0.2, 0.25) is 10.0 Å². The van der Waals surface area contributed by atoms with Crippen LogP contribution in [0.3, 0.4) is 0 Å². The van der Waals surface area contributed by atoms with E-state index in [9.17, 15) is 18.0 Å². The molecule has 0 saturated carbocycles. The lowest BCUT2D eigenvalue weighted by molar-refractivity contribution is -0.142. The molecule has 0 spiro atoms. The summed E-state index contributed by atoms with van der Waals surface area (Å²) in [6.45, 7) is 2.55. The Labute approximate surface area is 118 Å². The number of piperidine rings is 1. The van der Waals surface area contributed by atoms with E-state index in [1.807, 2.05) is 0 Å². The molecule has 1 fully saturated rings. The number of carbonyl (C=O) groups excluding carboxylic acids is 1. The third-order valence-corrected chi connectivity index (χ3v) is 5.17. The van der Waals surface area contributed by atoms with Crippen LogP contribution in [0.2, 0.25) is 0 Å². The first-order valence-corrected chi connectivity index (χ1v) is 8.31. The molecular formula is C12H21NO6S. The Morgan fingerprint density at radius 1 is 1.30 bits per heavy atom. The Kier molecular flexibility index (Phi) is 6.41. The monoisotopic (exact) mass is 307 g/mol. The van der Waals surface area contributed by atoms with Crippen molar-refractivity contribution in [2.75, 3.05) is 25.4 Å². The molecule has 1 aliphatic rings. The van der Waals surface area contributed by atoms with E-state index >= 15 is 0 Å². The number of carbonyl (C=O) groups is 2. The van der Waals surface area contributed by atoms with Crippen LogP contribution in [0.25, 0.3) is 0 Å². The maximum absolute atomic E-state index is 12.0. The molecule has 0 unspecified atom stereocenters. The van der Waals surface area contributed by atoms with Gasteiger partial charge >= 0.3 is 11.9 Å². The van der Waals surface area contributed by atoms with Crippen LogP contribution < -0.4 is 0 Å². The number of ether oxygens (including phenoxy) is 1. The lowest BCUT2D eigenvalue weighted by Crippen LogP contribution is -2.40. The number of rotatable bonds is 7. The van der Waals surface area contributed by atoms with Gasteiger partial charge in [-0.1, -0.05) is 0 Å². The minimum atomic E-state index is -3.46. The van der Waals surface area contributed by atoms with E-state index in [1.54, 1.807) is 6.92 Å². The van der Waals surface area contributed by atoms with E-state index < -0.39 is 22.0 Å². The molecule has 7 nitrogen and oxygen atoms in total. The normalized spacial score (nSPS) is 17.9. The Balaban J connectivity index is 2.42. The van der Waals surface area contributed by atoms with E-state index in [4.69, 9.17) is 9.84 Å². The zero-order chi connectivity index (χ0) is 15.2. The van der Waals surface area contributed by atoms with Crippen LogP contribution in [0.4, 0.5) is 0 Å². The summed E-state index contributed by atoms with van der Waals surface area (Å²) in [5.74, 6) is -1.59. The Hall–Kier alpha value is -1.15. The second kappa shape index (κ2) is 7.58. The van der Waals surface area contributed by atoms with Crippen LogP contribution in [0.5, 0.6) is 0 Å². The van der Waals surface area contributed by atoms with Gasteiger partial charge in [-0.3, -0.25) is 9.59 Å². The summed E-state index contributed by atoms with van der Waals surface area (Å²) >= 11 is 0. The highest BCUT2D eigenvalue weighted by molar-refractivity contribution is 7.89. The number of carboxylic acid groups (broad SMARTS) is 1. The summed E-state index contributed by atoms with van der Waals surface area (Å²) in [4.78, 5) is 21.8. The molecule has 1 heterocycles. The SMILES string of the molecule is CCOC(=O)CCS(=O)(=O)N1CCC(CC(=O)O)CC1. The van der Waals surface area contributed by atoms with Gasteiger partial charge in [0, 0.05) is 19.5 Å². The molecule has 1 saturated heterocycles. The average Bonchev–Trinajstić information content (AvgIpc) is 2.37. The van der Waals surface area contributed by atoms with E-state index in [2.05, 4.69) is 0 Å². The van der Waals surface area contributed by atoms with Gasteiger partial charge in [-0.15, -0.1) is 0 Å². The zero-order valence-electron chi connectivity index (χ0n) is 11.6. The molecule has 20 heavy (non-hydrogen) atoms. The second-order valence-electron chi connectivity index (χ2n) is 4.81. The minimum Gasteiger partial charge on any atom is -0.481 e. The molecule has 1 N–H and O–H groups in total. The van der Waals surface area contributed by atoms with E-state index in [-0.39, 0.29) is 31.1 Å². The Morgan fingerprint density at radius 2 is 1.90 bits per heavy atom. The first-order valence-electron chi connectivity index (χ1n) is 6.70. The summed E-state index contributed by atoms with van der Waals surface area (Å²) < 4.78 is 30.1. The molecule has 1 aliphatic heterocycles. The number of esters is 1. The average molecular weight is 307 g/mol. The number of nitrogens with zero attached hydrogens (tertiary/aromatic N) is 1. The van der Waals surface area contributed by atoms with Crippen molar-refractivity contribution < 1.29 is 27.9 Å². The third-order valence-electron chi connectivity index (χ3n) is 3.30. The van der Waals surface area contributed by atoms with Gasteiger partial charge in [-0.25, -0.2) is 12.7 Å². The van der Waals surface area contributed by atoms with Crippen molar-refractivity contribution in [1.82, 2.24) is 4.31 Å². The number of hydrogen-bond donors (Lipinski definition) is 1. The molecule has 1 rings (SSSR count). The highest BCUT2D eigenvalue weighted by atomic mass is 32.2. The van der Waals surface area contributed by atoms with Crippen LogP contribution in [0.15, 0.2) is 0 Å². The maximum atomic E-state index is 12.0. The van der Waals surface area contributed by atoms with Crippen LogP contribution in [-0.2, 0) is 24.3 Å². The quantitative estimate of drug-likeness (QED) is 0.686. The fourth-order valence-electron chi connectivity index (χ4n) is 2.21. The van der Waals surface area contributed by atoms with Crippen LogP contribution >= 0.6 is 0 Å². The molecule has 116 valence electrons. The highest BCUT2D eigenvalue weighted by Gasteiger charge is 2.29. The molecule has 0 aliphatic carbocycles.